The number of ether oxygens (including phenoxy) is 1. The van der Waals surface area contributed by atoms with E-state index in [1.54, 1.807) is 24.1 Å². The highest BCUT2D eigenvalue weighted by atomic mass is 16.6. The molecule has 0 saturated heterocycles. The second-order valence-corrected chi connectivity index (χ2v) is 5.78. The van der Waals surface area contributed by atoms with Gasteiger partial charge in [0, 0.05) is 30.6 Å². The zero-order chi connectivity index (χ0) is 18.6. The first kappa shape index (κ1) is 18.3. The molecule has 0 aliphatic heterocycles. The van der Waals surface area contributed by atoms with E-state index in [-0.39, 0.29) is 23.9 Å². The smallest absolute Gasteiger partial charge is 0.311 e. The molecule has 2 rings (SSSR count). The number of amides is 1. The molecule has 0 aliphatic carbocycles. The summed E-state index contributed by atoms with van der Waals surface area (Å²) in [6.07, 6.45) is 0. The van der Waals surface area contributed by atoms with Crippen LogP contribution in [0.25, 0.3) is 0 Å². The van der Waals surface area contributed by atoms with Gasteiger partial charge in [0.05, 0.1) is 18.6 Å². The third kappa shape index (κ3) is 4.26. The average Bonchev–Trinajstić information content (AvgIpc) is 2.57. The number of carbonyl (C=O) groups is 1. The molecule has 7 heteroatoms. The van der Waals surface area contributed by atoms with Gasteiger partial charge in [-0.25, -0.2) is 0 Å². The van der Waals surface area contributed by atoms with Crippen molar-refractivity contribution in [2.24, 2.45) is 0 Å². The maximum absolute atomic E-state index is 12.3. The number of methoxy groups -OCH3 is 1. The van der Waals surface area contributed by atoms with Gasteiger partial charge in [-0.3, -0.25) is 14.9 Å². The topological polar surface area (TPSA) is 84.7 Å². The third-order valence-electron chi connectivity index (χ3n) is 3.93. The van der Waals surface area contributed by atoms with E-state index in [2.05, 4.69) is 5.32 Å². The molecule has 1 amide bonds. The van der Waals surface area contributed by atoms with E-state index in [9.17, 15) is 14.9 Å². The molecule has 0 heterocycles. The first-order valence-corrected chi connectivity index (χ1v) is 7.73. The van der Waals surface area contributed by atoms with Crippen LogP contribution in [0.15, 0.2) is 36.4 Å². The van der Waals surface area contributed by atoms with Crippen molar-refractivity contribution < 1.29 is 14.5 Å². The first-order valence-electron chi connectivity index (χ1n) is 7.73. The van der Waals surface area contributed by atoms with Crippen molar-refractivity contribution in [2.45, 2.75) is 13.8 Å². The predicted octanol–water partition coefficient (Wildman–Crippen LogP) is 3.30. The van der Waals surface area contributed by atoms with Crippen LogP contribution in [-0.2, 0) is 4.79 Å². The fourth-order valence-corrected chi connectivity index (χ4v) is 2.55. The van der Waals surface area contributed by atoms with Crippen molar-refractivity contribution in [2.75, 3.05) is 30.9 Å². The van der Waals surface area contributed by atoms with Crippen LogP contribution in [0.4, 0.5) is 17.1 Å². The molecule has 0 saturated carbocycles. The number of hydrogen-bond donors (Lipinski definition) is 1. The number of aryl methyl sites for hydroxylation is 2. The van der Waals surface area contributed by atoms with E-state index in [0.29, 0.717) is 5.69 Å². The molecule has 0 aromatic heterocycles. The van der Waals surface area contributed by atoms with Gasteiger partial charge < -0.3 is 15.0 Å². The van der Waals surface area contributed by atoms with Crippen molar-refractivity contribution in [3.63, 3.8) is 0 Å². The van der Waals surface area contributed by atoms with Gasteiger partial charge in [-0.1, -0.05) is 18.2 Å². The summed E-state index contributed by atoms with van der Waals surface area (Å²) < 4.78 is 5.06. The SMILES string of the molecule is COc1cc(N(C)CC(=O)Nc2c(C)cccc2C)ccc1[N+](=O)[O-]. The Kier molecular flexibility index (Phi) is 5.59. The van der Waals surface area contributed by atoms with E-state index in [4.69, 9.17) is 4.74 Å². The van der Waals surface area contributed by atoms with Crippen LogP contribution in [0, 0.1) is 24.0 Å². The Morgan fingerprint density at radius 1 is 1.24 bits per heavy atom. The fourth-order valence-electron chi connectivity index (χ4n) is 2.55. The molecule has 0 radical (unpaired) electrons. The number of nitrogens with zero attached hydrogens (tertiary/aromatic N) is 2. The van der Waals surface area contributed by atoms with Crippen molar-refractivity contribution in [1.82, 2.24) is 0 Å². The third-order valence-corrected chi connectivity index (χ3v) is 3.93. The zero-order valence-electron chi connectivity index (χ0n) is 14.7. The molecule has 25 heavy (non-hydrogen) atoms. The molecule has 2 aromatic carbocycles. The summed E-state index contributed by atoms with van der Waals surface area (Å²) >= 11 is 0. The number of nitrogens with one attached hydrogen (secondary N) is 1. The molecular formula is C18H21N3O4. The number of nitro benzene ring substituents is 1. The minimum atomic E-state index is -0.504. The second-order valence-electron chi connectivity index (χ2n) is 5.78. The van der Waals surface area contributed by atoms with Crippen molar-refractivity contribution in [3.05, 3.63) is 57.6 Å². The Morgan fingerprint density at radius 2 is 1.88 bits per heavy atom. The molecule has 1 N–H and O–H groups in total. The van der Waals surface area contributed by atoms with Gasteiger partial charge in [0.2, 0.25) is 5.91 Å². The fraction of sp³-hybridized carbons (Fsp3) is 0.278. The number of carbonyl (C=O) groups excluding carboxylic acids is 1. The average molecular weight is 343 g/mol. The molecule has 0 bridgehead atoms. The normalized spacial score (nSPS) is 10.2. The second kappa shape index (κ2) is 7.65. The van der Waals surface area contributed by atoms with E-state index in [1.807, 2.05) is 32.0 Å². The van der Waals surface area contributed by atoms with Crippen LogP contribution in [0.2, 0.25) is 0 Å². The molecule has 0 atom stereocenters. The van der Waals surface area contributed by atoms with Gasteiger partial charge >= 0.3 is 5.69 Å². The largest absolute Gasteiger partial charge is 0.490 e. The van der Waals surface area contributed by atoms with Gasteiger partial charge in [-0.05, 0) is 31.0 Å². The Morgan fingerprint density at radius 3 is 2.44 bits per heavy atom. The molecule has 7 nitrogen and oxygen atoms in total. The van der Waals surface area contributed by atoms with Crippen LogP contribution < -0.4 is 15.0 Å². The number of anilines is 2. The Bertz CT molecular complexity index is 785. The molecule has 2 aromatic rings. The Hall–Kier alpha value is -3.09. The van der Waals surface area contributed by atoms with Crippen molar-refractivity contribution in [3.8, 4) is 5.75 Å². The Labute approximate surface area is 146 Å². The van der Waals surface area contributed by atoms with E-state index < -0.39 is 4.92 Å². The minimum Gasteiger partial charge on any atom is -0.490 e. The molecule has 132 valence electrons. The lowest BCUT2D eigenvalue weighted by Gasteiger charge is -2.20. The summed E-state index contributed by atoms with van der Waals surface area (Å²) in [4.78, 5) is 24.5. The van der Waals surface area contributed by atoms with E-state index >= 15 is 0 Å². The number of rotatable bonds is 6. The molecule has 0 aliphatic rings. The highest BCUT2D eigenvalue weighted by Crippen LogP contribution is 2.31. The number of para-hydroxylation sites is 1. The summed E-state index contributed by atoms with van der Waals surface area (Å²) in [7, 11) is 3.12. The summed E-state index contributed by atoms with van der Waals surface area (Å²) in [5.74, 6) is -0.0123. The molecule has 0 fully saturated rings. The van der Waals surface area contributed by atoms with Crippen LogP contribution in [0.3, 0.4) is 0 Å². The van der Waals surface area contributed by atoms with Crippen molar-refractivity contribution in [1.29, 1.82) is 0 Å². The monoisotopic (exact) mass is 343 g/mol. The maximum atomic E-state index is 12.3. The lowest BCUT2D eigenvalue weighted by atomic mass is 10.1. The van der Waals surface area contributed by atoms with Gasteiger partial charge in [-0.2, -0.15) is 0 Å². The van der Waals surface area contributed by atoms with Crippen LogP contribution in [0.1, 0.15) is 11.1 Å². The highest BCUT2D eigenvalue weighted by Gasteiger charge is 2.17. The standard InChI is InChI=1S/C18H21N3O4/c1-12-6-5-7-13(2)18(12)19-17(22)11-20(3)14-8-9-15(21(23)24)16(10-14)25-4/h5-10H,11H2,1-4H3,(H,19,22). The summed E-state index contributed by atoms with van der Waals surface area (Å²) in [5.41, 5.74) is 3.34. The van der Waals surface area contributed by atoms with E-state index in [1.165, 1.54) is 13.2 Å². The number of hydrogen-bond acceptors (Lipinski definition) is 5. The minimum absolute atomic E-state index is 0.106. The highest BCUT2D eigenvalue weighted by molar-refractivity contribution is 5.95. The number of nitro groups is 1. The van der Waals surface area contributed by atoms with Gasteiger partial charge in [-0.15, -0.1) is 0 Å². The van der Waals surface area contributed by atoms with Crippen LogP contribution >= 0.6 is 0 Å². The lowest BCUT2D eigenvalue weighted by Crippen LogP contribution is -2.30. The molecule has 0 unspecified atom stereocenters. The van der Waals surface area contributed by atoms with E-state index in [0.717, 1.165) is 16.8 Å². The Balaban J connectivity index is 2.12. The lowest BCUT2D eigenvalue weighted by molar-refractivity contribution is -0.385. The van der Waals surface area contributed by atoms with Gasteiger partial charge in [0.1, 0.15) is 0 Å². The number of benzene rings is 2. The van der Waals surface area contributed by atoms with Crippen LogP contribution in [-0.4, -0.2) is 31.5 Å². The summed E-state index contributed by atoms with van der Waals surface area (Å²) in [6.45, 7) is 3.98. The van der Waals surface area contributed by atoms with Crippen molar-refractivity contribution >= 4 is 23.0 Å². The first-order chi connectivity index (χ1) is 11.8. The quantitative estimate of drug-likeness (QED) is 0.642. The van der Waals surface area contributed by atoms with Gasteiger partial charge in [0.15, 0.2) is 5.75 Å². The van der Waals surface area contributed by atoms with Gasteiger partial charge in [0.25, 0.3) is 0 Å². The molecular weight excluding hydrogens is 322 g/mol. The van der Waals surface area contributed by atoms with Crippen LogP contribution in [0.5, 0.6) is 5.75 Å². The summed E-state index contributed by atoms with van der Waals surface area (Å²) in [5, 5.41) is 13.9. The molecule has 0 spiro atoms. The predicted molar refractivity (Wildman–Crippen MR) is 97.5 cm³/mol. The summed E-state index contributed by atoms with van der Waals surface area (Å²) in [6, 6.07) is 10.3. The zero-order valence-corrected chi connectivity index (χ0v) is 14.7. The maximum Gasteiger partial charge on any atom is 0.311 e. The number of likely N-dealkylation sites (N-methyl/N-ethyl adjacent to an activating group) is 1.